The molecular formula is C17H16F3NO7S. The number of allylic oxidation sites excluding steroid dienone is 1. The molecule has 1 aromatic carbocycles. The first-order chi connectivity index (χ1) is 13.6. The normalized spacial score (nSPS) is 19.1. The van der Waals surface area contributed by atoms with Gasteiger partial charge in [-0.1, -0.05) is 12.1 Å². The third kappa shape index (κ3) is 4.00. The Labute approximate surface area is 163 Å². The van der Waals surface area contributed by atoms with Crippen LogP contribution in [-0.4, -0.2) is 50.6 Å². The number of amides is 2. The van der Waals surface area contributed by atoms with E-state index in [1.54, 1.807) is 19.1 Å². The number of carbonyl (C=O) groups excluding carboxylic acids is 2. The summed E-state index contributed by atoms with van der Waals surface area (Å²) in [7, 11) is -6.20. The van der Waals surface area contributed by atoms with Crippen LogP contribution in [0.3, 0.4) is 0 Å². The summed E-state index contributed by atoms with van der Waals surface area (Å²) < 4.78 is 75.2. The van der Waals surface area contributed by atoms with Crippen LogP contribution >= 0.6 is 0 Å². The minimum atomic E-state index is -6.20. The third-order valence-corrected chi connectivity index (χ3v) is 5.21. The maximum Gasteiger partial charge on any atom is 0.525 e. The Bertz CT molecular complexity index is 972. The van der Waals surface area contributed by atoms with Crippen molar-refractivity contribution in [3.63, 3.8) is 0 Å². The van der Waals surface area contributed by atoms with E-state index < -0.39 is 33.4 Å². The molecule has 2 aliphatic rings. The second-order valence-corrected chi connectivity index (χ2v) is 7.65. The second-order valence-electron chi connectivity index (χ2n) is 6.13. The maximum absolute atomic E-state index is 12.7. The molecule has 1 aromatic rings. The predicted octanol–water partition coefficient (Wildman–Crippen LogP) is 2.33. The molecular weight excluding hydrogens is 419 g/mol. The largest absolute Gasteiger partial charge is 0.525 e. The summed E-state index contributed by atoms with van der Waals surface area (Å²) in [6, 6.07) is 4.35. The van der Waals surface area contributed by atoms with Gasteiger partial charge in [0.25, 0.3) is 11.8 Å². The minimum absolute atomic E-state index is 0.0752. The Hall–Kier alpha value is -2.44. The van der Waals surface area contributed by atoms with Crippen LogP contribution in [0, 0.1) is 0 Å². The van der Waals surface area contributed by atoms with E-state index in [-0.39, 0.29) is 30.3 Å². The molecule has 0 spiro atoms. The minimum Gasteiger partial charge on any atom is -0.495 e. The van der Waals surface area contributed by atoms with Crippen molar-refractivity contribution in [3.05, 3.63) is 40.6 Å². The quantitative estimate of drug-likeness (QED) is 0.368. The SMILES string of the molecule is CCOCCOC1=Cc2cccc3c2C(C1)C(=O)N(OS(=O)(=O)C(F)(F)F)C3=O. The van der Waals surface area contributed by atoms with E-state index in [2.05, 4.69) is 4.28 Å². The zero-order valence-electron chi connectivity index (χ0n) is 15.1. The van der Waals surface area contributed by atoms with Gasteiger partial charge in [-0.05, 0) is 30.2 Å². The smallest absolute Gasteiger partial charge is 0.495 e. The molecule has 8 nitrogen and oxygen atoms in total. The average molecular weight is 435 g/mol. The van der Waals surface area contributed by atoms with Gasteiger partial charge in [-0.2, -0.15) is 21.6 Å². The van der Waals surface area contributed by atoms with Crippen molar-refractivity contribution >= 4 is 28.0 Å². The molecule has 1 aliphatic carbocycles. The zero-order valence-corrected chi connectivity index (χ0v) is 15.9. The molecule has 12 heteroatoms. The number of halogens is 3. The Morgan fingerprint density at radius 2 is 1.93 bits per heavy atom. The first kappa shape index (κ1) is 21.3. The monoisotopic (exact) mass is 435 g/mol. The van der Waals surface area contributed by atoms with Crippen LogP contribution in [0.4, 0.5) is 13.2 Å². The van der Waals surface area contributed by atoms with Crippen molar-refractivity contribution < 1.29 is 44.9 Å². The Morgan fingerprint density at radius 3 is 2.59 bits per heavy atom. The number of nitrogens with zero attached hydrogens (tertiary/aromatic N) is 1. The summed E-state index contributed by atoms with van der Waals surface area (Å²) in [5, 5.41) is -0.345. The van der Waals surface area contributed by atoms with E-state index >= 15 is 0 Å². The fraction of sp³-hybridized carbons (Fsp3) is 0.412. The molecule has 1 unspecified atom stereocenters. The van der Waals surface area contributed by atoms with Crippen molar-refractivity contribution in [1.29, 1.82) is 0 Å². The van der Waals surface area contributed by atoms with E-state index in [1.807, 2.05) is 0 Å². The summed E-state index contributed by atoms with van der Waals surface area (Å²) >= 11 is 0. The average Bonchev–Trinajstić information content (AvgIpc) is 2.65. The van der Waals surface area contributed by atoms with Crippen molar-refractivity contribution in [2.75, 3.05) is 19.8 Å². The van der Waals surface area contributed by atoms with Crippen molar-refractivity contribution in [1.82, 2.24) is 5.06 Å². The van der Waals surface area contributed by atoms with Crippen LogP contribution in [0.5, 0.6) is 0 Å². The van der Waals surface area contributed by atoms with E-state index in [1.165, 1.54) is 12.1 Å². The molecule has 0 saturated heterocycles. The first-order valence-corrected chi connectivity index (χ1v) is 9.91. The van der Waals surface area contributed by atoms with Gasteiger partial charge >= 0.3 is 15.6 Å². The number of imide groups is 1. The molecule has 0 N–H and O–H groups in total. The zero-order chi connectivity index (χ0) is 21.4. The number of benzene rings is 1. The van der Waals surface area contributed by atoms with Crippen molar-refractivity contribution in [2.45, 2.75) is 24.8 Å². The number of hydrogen-bond acceptors (Lipinski definition) is 7. The molecule has 0 saturated carbocycles. The maximum atomic E-state index is 12.7. The predicted molar refractivity (Wildman–Crippen MR) is 91.5 cm³/mol. The topological polar surface area (TPSA) is 99.2 Å². The van der Waals surface area contributed by atoms with Gasteiger partial charge in [0.15, 0.2) is 0 Å². The third-order valence-electron chi connectivity index (χ3n) is 4.30. The molecule has 1 aliphatic heterocycles. The van der Waals surface area contributed by atoms with E-state index in [9.17, 15) is 31.2 Å². The van der Waals surface area contributed by atoms with Crippen LogP contribution in [0.25, 0.3) is 6.08 Å². The number of ether oxygens (including phenoxy) is 2. The Balaban J connectivity index is 1.93. The number of hydroxylamine groups is 2. The van der Waals surface area contributed by atoms with Gasteiger partial charge in [-0.3, -0.25) is 9.59 Å². The molecule has 3 rings (SSSR count). The Kier molecular flexibility index (Phi) is 5.70. The van der Waals surface area contributed by atoms with E-state index in [0.717, 1.165) is 0 Å². The van der Waals surface area contributed by atoms with Crippen LogP contribution < -0.4 is 0 Å². The van der Waals surface area contributed by atoms with Crippen LogP contribution in [-0.2, 0) is 28.7 Å². The number of hydrogen-bond donors (Lipinski definition) is 0. The molecule has 0 fully saturated rings. The van der Waals surface area contributed by atoms with Crippen molar-refractivity contribution in [2.24, 2.45) is 0 Å². The lowest BCUT2D eigenvalue weighted by molar-refractivity contribution is -0.153. The fourth-order valence-corrected chi connectivity index (χ4v) is 3.49. The van der Waals surface area contributed by atoms with Crippen LogP contribution in [0.1, 0.15) is 40.7 Å². The van der Waals surface area contributed by atoms with Gasteiger partial charge in [0.2, 0.25) is 0 Å². The lowest BCUT2D eigenvalue weighted by Gasteiger charge is -2.34. The van der Waals surface area contributed by atoms with Gasteiger partial charge in [-0.25, -0.2) is 0 Å². The molecule has 1 atom stereocenters. The second kappa shape index (κ2) is 7.76. The molecule has 1 heterocycles. The number of carbonyl (C=O) groups is 2. The van der Waals surface area contributed by atoms with Gasteiger partial charge in [0.1, 0.15) is 6.61 Å². The summed E-state index contributed by atoms with van der Waals surface area (Å²) in [5.41, 5.74) is -5.14. The van der Waals surface area contributed by atoms with Gasteiger partial charge in [0, 0.05) is 18.6 Å². The molecule has 0 radical (unpaired) electrons. The highest BCUT2D eigenvalue weighted by Crippen LogP contribution is 2.41. The van der Waals surface area contributed by atoms with E-state index in [4.69, 9.17) is 9.47 Å². The highest BCUT2D eigenvalue weighted by Gasteiger charge is 2.53. The molecule has 29 heavy (non-hydrogen) atoms. The lowest BCUT2D eigenvalue weighted by Crippen LogP contribution is -2.48. The van der Waals surface area contributed by atoms with Gasteiger partial charge < -0.3 is 9.47 Å². The lowest BCUT2D eigenvalue weighted by atomic mass is 9.80. The fourth-order valence-electron chi connectivity index (χ4n) is 3.07. The first-order valence-electron chi connectivity index (χ1n) is 8.50. The summed E-state index contributed by atoms with van der Waals surface area (Å²) in [4.78, 5) is 25.2. The highest BCUT2D eigenvalue weighted by atomic mass is 32.2. The van der Waals surface area contributed by atoms with E-state index in [0.29, 0.717) is 23.5 Å². The van der Waals surface area contributed by atoms with Gasteiger partial charge in [0.05, 0.1) is 18.3 Å². The number of alkyl halides is 3. The molecule has 0 bridgehead atoms. The van der Waals surface area contributed by atoms with Gasteiger partial charge in [-0.15, -0.1) is 9.35 Å². The molecule has 0 aromatic heterocycles. The van der Waals surface area contributed by atoms with Crippen molar-refractivity contribution in [3.8, 4) is 0 Å². The van der Waals surface area contributed by atoms with Crippen LogP contribution in [0.15, 0.2) is 24.0 Å². The summed E-state index contributed by atoms with van der Waals surface area (Å²) in [5.74, 6) is -3.29. The van der Waals surface area contributed by atoms with Crippen LogP contribution in [0.2, 0.25) is 0 Å². The number of rotatable bonds is 7. The Morgan fingerprint density at radius 1 is 1.21 bits per heavy atom. The molecule has 158 valence electrons. The standard InChI is InChI=1S/C17H16F3NO7S/c1-2-26-6-7-27-11-8-10-4-3-5-12-14(10)13(9-11)16(23)21(15(12)22)28-29(24,25)17(18,19)20/h3-5,8,13H,2,6-7,9H2,1H3. The summed E-state index contributed by atoms with van der Waals surface area (Å²) in [6.45, 7) is 2.75. The highest BCUT2D eigenvalue weighted by molar-refractivity contribution is 7.87. The molecule has 2 amide bonds. The summed E-state index contributed by atoms with van der Waals surface area (Å²) in [6.07, 6.45) is 1.54.